The van der Waals surface area contributed by atoms with Gasteiger partial charge in [-0.2, -0.15) is 4.98 Å². The van der Waals surface area contributed by atoms with E-state index in [-0.39, 0.29) is 11.7 Å². The monoisotopic (exact) mass is 382 g/mol. The number of hydrogen-bond donors (Lipinski definition) is 2. The summed E-state index contributed by atoms with van der Waals surface area (Å²) in [5, 5.41) is 4.93. The normalized spacial score (nSPS) is 23.6. The van der Waals surface area contributed by atoms with Gasteiger partial charge in [-0.3, -0.25) is 10.9 Å². The molecule has 0 amide bonds. The zero-order valence-corrected chi connectivity index (χ0v) is 15.7. The molecule has 2 aromatic heterocycles. The van der Waals surface area contributed by atoms with Gasteiger partial charge in [0.05, 0.1) is 5.69 Å². The predicted octanol–water partition coefficient (Wildman–Crippen LogP) is 2.54. The van der Waals surface area contributed by atoms with Crippen molar-refractivity contribution >= 4 is 16.9 Å². The molecule has 8 heteroatoms. The SMILES string of the molecule is Cc1noc2ncnc(N3CCC(C4NNCC4c4cccc(F)c4)CC3)c12. The highest BCUT2D eigenvalue weighted by molar-refractivity contribution is 5.87. The topological polar surface area (TPSA) is 79.1 Å². The summed E-state index contributed by atoms with van der Waals surface area (Å²) in [6, 6.07) is 7.28. The molecule has 1 aromatic carbocycles. The largest absolute Gasteiger partial charge is 0.356 e. The maximum Gasteiger partial charge on any atom is 0.263 e. The molecule has 0 aliphatic carbocycles. The molecule has 0 radical (unpaired) electrons. The smallest absolute Gasteiger partial charge is 0.263 e. The number of hydrogen-bond acceptors (Lipinski definition) is 7. The number of aryl methyl sites for hydroxylation is 1. The third kappa shape index (κ3) is 3.02. The van der Waals surface area contributed by atoms with E-state index in [0.717, 1.165) is 54.9 Å². The third-order valence-electron chi connectivity index (χ3n) is 6.07. The Balaban J connectivity index is 1.32. The van der Waals surface area contributed by atoms with Gasteiger partial charge in [0, 0.05) is 31.6 Å². The third-order valence-corrected chi connectivity index (χ3v) is 6.07. The molecule has 0 spiro atoms. The Hall–Kier alpha value is -2.58. The summed E-state index contributed by atoms with van der Waals surface area (Å²) in [5.74, 6) is 1.52. The van der Waals surface area contributed by atoms with Crippen LogP contribution in [0.15, 0.2) is 35.1 Å². The average Bonchev–Trinajstić information content (AvgIpc) is 3.35. The fraction of sp³-hybridized carbons (Fsp3) is 0.450. The maximum absolute atomic E-state index is 13.7. The van der Waals surface area contributed by atoms with E-state index in [0.29, 0.717) is 17.7 Å². The van der Waals surface area contributed by atoms with E-state index in [2.05, 4.69) is 30.9 Å². The number of anilines is 1. The van der Waals surface area contributed by atoms with E-state index in [1.165, 1.54) is 12.4 Å². The lowest BCUT2D eigenvalue weighted by Gasteiger charge is -2.37. The van der Waals surface area contributed by atoms with Crippen LogP contribution in [0.4, 0.5) is 10.2 Å². The van der Waals surface area contributed by atoms with Crippen molar-refractivity contribution in [3.63, 3.8) is 0 Å². The van der Waals surface area contributed by atoms with Gasteiger partial charge in [0.15, 0.2) is 0 Å². The van der Waals surface area contributed by atoms with Crippen molar-refractivity contribution in [1.82, 2.24) is 26.0 Å². The summed E-state index contributed by atoms with van der Waals surface area (Å²) in [5.41, 5.74) is 9.14. The summed E-state index contributed by atoms with van der Waals surface area (Å²) < 4.78 is 19.0. The van der Waals surface area contributed by atoms with Crippen LogP contribution in [0.1, 0.15) is 30.0 Å². The van der Waals surface area contributed by atoms with Gasteiger partial charge in [0.2, 0.25) is 0 Å². The Bertz CT molecular complexity index is 984. The van der Waals surface area contributed by atoms with Crippen molar-refractivity contribution in [3.05, 3.63) is 47.7 Å². The average molecular weight is 382 g/mol. The van der Waals surface area contributed by atoms with Gasteiger partial charge in [-0.25, -0.2) is 9.37 Å². The number of fused-ring (bicyclic) bond motifs is 1. The lowest BCUT2D eigenvalue weighted by atomic mass is 9.80. The summed E-state index contributed by atoms with van der Waals surface area (Å²) >= 11 is 0. The van der Waals surface area contributed by atoms with Crippen molar-refractivity contribution in [3.8, 4) is 0 Å². The zero-order valence-electron chi connectivity index (χ0n) is 15.7. The van der Waals surface area contributed by atoms with E-state index in [1.54, 1.807) is 12.1 Å². The second-order valence-corrected chi connectivity index (χ2v) is 7.68. The van der Waals surface area contributed by atoms with Gasteiger partial charge in [0.25, 0.3) is 5.71 Å². The fourth-order valence-corrected chi connectivity index (χ4v) is 4.64. The first kappa shape index (κ1) is 17.5. The quantitative estimate of drug-likeness (QED) is 0.721. The molecule has 2 fully saturated rings. The van der Waals surface area contributed by atoms with E-state index in [9.17, 15) is 4.39 Å². The van der Waals surface area contributed by atoms with Crippen LogP contribution in [-0.4, -0.2) is 40.8 Å². The first-order chi connectivity index (χ1) is 13.7. The number of halogens is 1. The van der Waals surface area contributed by atoms with E-state index in [1.807, 2.05) is 13.0 Å². The van der Waals surface area contributed by atoms with Crippen LogP contribution in [0.25, 0.3) is 11.1 Å². The van der Waals surface area contributed by atoms with Crippen LogP contribution in [-0.2, 0) is 0 Å². The predicted molar refractivity (Wildman–Crippen MR) is 103 cm³/mol. The standard InChI is InChI=1S/C20H23FN6O/c1-12-17-19(22-11-23-20(17)28-26-12)27-7-5-13(6-8-27)18-16(10-24-25-18)14-3-2-4-15(21)9-14/h2-4,9,11,13,16,18,24-25H,5-8,10H2,1H3. The van der Waals surface area contributed by atoms with Crippen molar-refractivity contribution in [2.24, 2.45) is 5.92 Å². The number of aromatic nitrogens is 3. The summed E-state index contributed by atoms with van der Waals surface area (Å²) in [4.78, 5) is 11.0. The lowest BCUT2D eigenvalue weighted by molar-refractivity contribution is 0.295. The molecule has 2 aliphatic rings. The molecule has 7 nitrogen and oxygen atoms in total. The first-order valence-corrected chi connectivity index (χ1v) is 9.76. The molecule has 2 unspecified atom stereocenters. The molecule has 2 aliphatic heterocycles. The van der Waals surface area contributed by atoms with Gasteiger partial charge < -0.3 is 9.42 Å². The van der Waals surface area contributed by atoms with Crippen LogP contribution in [0.3, 0.4) is 0 Å². The molecule has 2 atom stereocenters. The van der Waals surface area contributed by atoms with E-state index in [4.69, 9.17) is 4.52 Å². The van der Waals surface area contributed by atoms with Crippen LogP contribution in [0.2, 0.25) is 0 Å². The van der Waals surface area contributed by atoms with Gasteiger partial charge in [-0.1, -0.05) is 17.3 Å². The molecule has 146 valence electrons. The molecule has 0 bridgehead atoms. The molecule has 3 aromatic rings. The van der Waals surface area contributed by atoms with Crippen molar-refractivity contribution in [2.75, 3.05) is 24.5 Å². The molecule has 4 heterocycles. The Labute approximate surface area is 162 Å². The number of benzene rings is 1. The van der Waals surface area contributed by atoms with Crippen molar-refractivity contribution in [1.29, 1.82) is 0 Å². The Morgan fingerprint density at radius 1 is 1.21 bits per heavy atom. The number of hydrazine groups is 1. The van der Waals surface area contributed by atoms with Gasteiger partial charge in [0.1, 0.15) is 23.3 Å². The molecule has 5 rings (SSSR count). The summed E-state index contributed by atoms with van der Waals surface area (Å²) in [7, 11) is 0. The molecular weight excluding hydrogens is 359 g/mol. The van der Waals surface area contributed by atoms with Gasteiger partial charge >= 0.3 is 0 Å². The van der Waals surface area contributed by atoms with Crippen LogP contribution >= 0.6 is 0 Å². The number of nitrogens with one attached hydrogen (secondary N) is 2. The molecular formula is C20H23FN6O. The second-order valence-electron chi connectivity index (χ2n) is 7.68. The van der Waals surface area contributed by atoms with E-state index < -0.39 is 0 Å². The maximum atomic E-state index is 13.7. The highest BCUT2D eigenvalue weighted by Crippen LogP contribution is 2.35. The highest BCUT2D eigenvalue weighted by atomic mass is 19.1. The van der Waals surface area contributed by atoms with Crippen LogP contribution in [0, 0.1) is 18.7 Å². The Morgan fingerprint density at radius 3 is 2.89 bits per heavy atom. The summed E-state index contributed by atoms with van der Waals surface area (Å²) in [6.07, 6.45) is 3.62. The zero-order chi connectivity index (χ0) is 19.1. The molecule has 28 heavy (non-hydrogen) atoms. The highest BCUT2D eigenvalue weighted by Gasteiger charge is 2.36. The van der Waals surface area contributed by atoms with E-state index >= 15 is 0 Å². The minimum absolute atomic E-state index is 0.171. The summed E-state index contributed by atoms with van der Waals surface area (Å²) in [6.45, 7) is 4.56. The molecule has 2 N–H and O–H groups in total. The van der Waals surface area contributed by atoms with Crippen LogP contribution < -0.4 is 15.8 Å². The number of nitrogens with zero attached hydrogens (tertiary/aromatic N) is 4. The minimum atomic E-state index is -0.171. The first-order valence-electron chi connectivity index (χ1n) is 9.76. The van der Waals surface area contributed by atoms with Crippen molar-refractivity contribution in [2.45, 2.75) is 31.7 Å². The second kappa shape index (κ2) is 7.10. The number of rotatable bonds is 3. The molecule has 2 saturated heterocycles. The fourth-order valence-electron chi connectivity index (χ4n) is 4.64. The van der Waals surface area contributed by atoms with Gasteiger partial charge in [-0.15, -0.1) is 0 Å². The lowest BCUT2D eigenvalue weighted by Crippen LogP contribution is -2.44. The number of piperidine rings is 1. The Kier molecular flexibility index (Phi) is 4.44. The van der Waals surface area contributed by atoms with Crippen molar-refractivity contribution < 1.29 is 8.91 Å². The van der Waals surface area contributed by atoms with Gasteiger partial charge in [-0.05, 0) is 43.4 Å². The van der Waals surface area contributed by atoms with Crippen LogP contribution in [0.5, 0.6) is 0 Å². The Morgan fingerprint density at radius 2 is 2.07 bits per heavy atom. The minimum Gasteiger partial charge on any atom is -0.356 e. The molecule has 0 saturated carbocycles.